The Bertz CT molecular complexity index is 511. The maximum atomic E-state index is 12.9. The molecule has 1 aromatic carbocycles. The summed E-state index contributed by atoms with van der Waals surface area (Å²) in [4.78, 5) is 2.09. The molecule has 0 atom stereocenters. The highest BCUT2D eigenvalue weighted by molar-refractivity contribution is 9.10. The molecule has 1 aromatic rings. The Kier molecular flexibility index (Phi) is 3.97. The van der Waals surface area contributed by atoms with Crippen LogP contribution in [0.15, 0.2) is 22.7 Å². The molecule has 1 saturated carbocycles. The van der Waals surface area contributed by atoms with E-state index < -0.39 is 11.7 Å². The first-order chi connectivity index (χ1) is 9.90. The van der Waals surface area contributed by atoms with E-state index in [2.05, 4.69) is 20.8 Å². The molecular formula is C16H19BrF3N. The van der Waals surface area contributed by atoms with Crippen LogP contribution in [0.1, 0.15) is 44.1 Å². The first-order valence-corrected chi connectivity index (χ1v) is 8.31. The Morgan fingerprint density at radius 2 is 1.62 bits per heavy atom. The Morgan fingerprint density at radius 1 is 1.00 bits per heavy atom. The molecule has 0 amide bonds. The van der Waals surface area contributed by atoms with Gasteiger partial charge in [-0.2, -0.15) is 13.2 Å². The molecule has 1 aliphatic heterocycles. The smallest absolute Gasteiger partial charge is 0.369 e. The van der Waals surface area contributed by atoms with E-state index in [-0.39, 0.29) is 0 Å². The van der Waals surface area contributed by atoms with Gasteiger partial charge in [0.2, 0.25) is 0 Å². The van der Waals surface area contributed by atoms with Crippen molar-refractivity contribution in [3.05, 3.63) is 28.2 Å². The van der Waals surface area contributed by atoms with Crippen molar-refractivity contribution in [1.29, 1.82) is 0 Å². The second-order valence-corrected chi connectivity index (χ2v) is 7.29. The molecule has 3 rings (SSSR count). The zero-order chi connectivity index (χ0) is 15.1. The SMILES string of the molecule is FC(F)(F)c1ccc(Br)c(N2CC3(CCCCCC3)C2)c1. The van der Waals surface area contributed by atoms with Crippen molar-refractivity contribution in [3.8, 4) is 0 Å². The number of nitrogens with zero attached hydrogens (tertiary/aromatic N) is 1. The molecule has 0 radical (unpaired) electrons. The predicted molar refractivity (Wildman–Crippen MR) is 81.5 cm³/mol. The van der Waals surface area contributed by atoms with E-state index in [9.17, 15) is 13.2 Å². The third-order valence-corrected chi connectivity index (χ3v) is 5.50. The van der Waals surface area contributed by atoms with Crippen LogP contribution in [0.4, 0.5) is 18.9 Å². The van der Waals surface area contributed by atoms with Gasteiger partial charge >= 0.3 is 6.18 Å². The minimum atomic E-state index is -4.28. The highest BCUT2D eigenvalue weighted by Crippen LogP contribution is 2.46. The van der Waals surface area contributed by atoms with Crippen LogP contribution in [0.3, 0.4) is 0 Å². The van der Waals surface area contributed by atoms with Crippen molar-refractivity contribution in [2.75, 3.05) is 18.0 Å². The quantitative estimate of drug-likeness (QED) is 0.626. The van der Waals surface area contributed by atoms with Gasteiger partial charge in [-0.25, -0.2) is 0 Å². The van der Waals surface area contributed by atoms with Crippen LogP contribution in [0.25, 0.3) is 0 Å². The standard InChI is InChI=1S/C16H19BrF3N/c17-13-6-5-12(16(18,19)20)9-14(13)21-10-15(11-21)7-3-1-2-4-8-15/h5-6,9H,1-4,7-8,10-11H2. The summed E-state index contributed by atoms with van der Waals surface area (Å²) in [5.41, 5.74) is 0.465. The fraction of sp³-hybridized carbons (Fsp3) is 0.625. The van der Waals surface area contributed by atoms with Gasteiger partial charge in [-0.15, -0.1) is 0 Å². The third kappa shape index (κ3) is 3.08. The summed E-state index contributed by atoms with van der Waals surface area (Å²) in [5, 5.41) is 0. The van der Waals surface area contributed by atoms with Crippen LogP contribution >= 0.6 is 15.9 Å². The number of halogens is 4. The molecule has 2 aliphatic rings. The van der Waals surface area contributed by atoms with Crippen molar-refractivity contribution in [2.24, 2.45) is 5.41 Å². The highest BCUT2D eigenvalue weighted by Gasteiger charge is 2.43. The zero-order valence-electron chi connectivity index (χ0n) is 11.8. The van der Waals surface area contributed by atoms with Gasteiger partial charge in [-0.1, -0.05) is 25.7 Å². The van der Waals surface area contributed by atoms with Crippen molar-refractivity contribution < 1.29 is 13.2 Å². The van der Waals surface area contributed by atoms with Crippen molar-refractivity contribution >= 4 is 21.6 Å². The predicted octanol–water partition coefficient (Wildman–Crippen LogP) is 5.63. The van der Waals surface area contributed by atoms with Crippen LogP contribution < -0.4 is 4.90 Å². The van der Waals surface area contributed by atoms with Crippen LogP contribution in [0.2, 0.25) is 0 Å². The molecule has 116 valence electrons. The molecule has 0 aromatic heterocycles. The lowest BCUT2D eigenvalue weighted by Crippen LogP contribution is -2.56. The minimum absolute atomic E-state index is 0.351. The minimum Gasteiger partial charge on any atom is -0.369 e. The Morgan fingerprint density at radius 3 is 2.19 bits per heavy atom. The van der Waals surface area contributed by atoms with Crippen LogP contribution in [-0.2, 0) is 6.18 Å². The molecule has 0 N–H and O–H groups in total. The molecule has 1 nitrogen and oxygen atoms in total. The van der Waals surface area contributed by atoms with Gasteiger partial charge in [0.1, 0.15) is 0 Å². The second-order valence-electron chi connectivity index (χ2n) is 6.43. The number of hydrogen-bond acceptors (Lipinski definition) is 1. The Balaban J connectivity index is 1.77. The summed E-state index contributed by atoms with van der Waals surface area (Å²) in [6, 6.07) is 3.92. The van der Waals surface area contributed by atoms with Gasteiger partial charge in [0, 0.05) is 23.0 Å². The monoisotopic (exact) mass is 361 g/mol. The maximum Gasteiger partial charge on any atom is 0.416 e. The molecule has 1 saturated heterocycles. The van der Waals surface area contributed by atoms with Gasteiger partial charge in [-0.3, -0.25) is 0 Å². The molecule has 2 fully saturated rings. The lowest BCUT2D eigenvalue weighted by molar-refractivity contribution is -0.137. The van der Waals surface area contributed by atoms with Crippen molar-refractivity contribution in [1.82, 2.24) is 0 Å². The van der Waals surface area contributed by atoms with Crippen molar-refractivity contribution in [3.63, 3.8) is 0 Å². The van der Waals surface area contributed by atoms with E-state index in [1.54, 1.807) is 0 Å². The first kappa shape index (κ1) is 15.2. The molecular weight excluding hydrogens is 343 g/mol. The van der Waals surface area contributed by atoms with Gasteiger partial charge in [0.15, 0.2) is 0 Å². The molecule has 1 spiro atoms. The molecule has 1 heterocycles. The van der Waals surface area contributed by atoms with Gasteiger partial charge in [0.05, 0.1) is 11.3 Å². The van der Waals surface area contributed by atoms with E-state index in [1.165, 1.54) is 50.7 Å². The van der Waals surface area contributed by atoms with Crippen LogP contribution in [0.5, 0.6) is 0 Å². The number of alkyl halides is 3. The highest BCUT2D eigenvalue weighted by atomic mass is 79.9. The fourth-order valence-electron chi connectivity index (χ4n) is 3.66. The topological polar surface area (TPSA) is 3.24 Å². The molecule has 0 unspecified atom stereocenters. The zero-order valence-corrected chi connectivity index (χ0v) is 13.4. The number of hydrogen-bond donors (Lipinski definition) is 0. The summed E-state index contributed by atoms with van der Waals surface area (Å²) in [6.45, 7) is 1.79. The molecule has 21 heavy (non-hydrogen) atoms. The van der Waals surface area contributed by atoms with Crippen LogP contribution in [-0.4, -0.2) is 13.1 Å². The van der Waals surface area contributed by atoms with E-state index in [4.69, 9.17) is 0 Å². The van der Waals surface area contributed by atoms with Crippen LogP contribution in [0, 0.1) is 5.41 Å². The van der Waals surface area contributed by atoms with E-state index in [0.29, 0.717) is 11.1 Å². The van der Waals surface area contributed by atoms with E-state index >= 15 is 0 Å². The van der Waals surface area contributed by atoms with Crippen molar-refractivity contribution in [2.45, 2.75) is 44.7 Å². The largest absolute Gasteiger partial charge is 0.416 e. The number of benzene rings is 1. The van der Waals surface area contributed by atoms with Gasteiger partial charge < -0.3 is 4.90 Å². The normalized spacial score (nSPS) is 22.0. The average molecular weight is 362 g/mol. The Hall–Kier alpha value is -0.710. The summed E-state index contributed by atoms with van der Waals surface area (Å²) in [5.74, 6) is 0. The maximum absolute atomic E-state index is 12.9. The summed E-state index contributed by atoms with van der Waals surface area (Å²) in [6.07, 6.45) is 3.29. The molecule has 1 aliphatic carbocycles. The fourth-order valence-corrected chi connectivity index (χ4v) is 4.16. The summed E-state index contributed by atoms with van der Waals surface area (Å²) < 4.78 is 39.3. The van der Waals surface area contributed by atoms with Gasteiger partial charge in [-0.05, 0) is 47.0 Å². The summed E-state index contributed by atoms with van der Waals surface area (Å²) >= 11 is 3.39. The average Bonchev–Trinajstić information content (AvgIpc) is 2.62. The van der Waals surface area contributed by atoms with Gasteiger partial charge in [0.25, 0.3) is 0 Å². The first-order valence-electron chi connectivity index (χ1n) is 7.51. The lowest BCUT2D eigenvalue weighted by Gasteiger charge is -2.52. The van der Waals surface area contributed by atoms with E-state index in [1.807, 2.05) is 0 Å². The molecule has 0 bridgehead atoms. The molecule has 5 heteroatoms. The third-order valence-electron chi connectivity index (χ3n) is 4.83. The second kappa shape index (κ2) is 5.49. The number of rotatable bonds is 1. The number of anilines is 1. The summed E-state index contributed by atoms with van der Waals surface area (Å²) in [7, 11) is 0. The lowest BCUT2D eigenvalue weighted by atomic mass is 9.73. The van der Waals surface area contributed by atoms with E-state index in [0.717, 1.165) is 23.6 Å². The Labute approximate surface area is 131 Å².